The van der Waals surface area contributed by atoms with Gasteiger partial charge in [-0.3, -0.25) is 4.79 Å². The van der Waals surface area contributed by atoms with Gasteiger partial charge in [-0.05, 0) is 36.8 Å². The van der Waals surface area contributed by atoms with Crippen molar-refractivity contribution in [3.05, 3.63) is 34.9 Å². The molecule has 0 radical (unpaired) electrons. The summed E-state index contributed by atoms with van der Waals surface area (Å²) >= 11 is 6.15. The van der Waals surface area contributed by atoms with Crippen molar-refractivity contribution >= 4 is 27.3 Å². The summed E-state index contributed by atoms with van der Waals surface area (Å²) in [6, 6.07) is 7.61. The first-order valence-corrected chi connectivity index (χ1v) is 9.41. The van der Waals surface area contributed by atoms with Gasteiger partial charge in [0, 0.05) is 17.0 Å². The van der Waals surface area contributed by atoms with Gasteiger partial charge in [-0.25, -0.2) is 8.42 Å². The van der Waals surface area contributed by atoms with Gasteiger partial charge in [-0.2, -0.15) is 0 Å². The summed E-state index contributed by atoms with van der Waals surface area (Å²) < 4.78 is 22.8. The standard InChI is InChI=1S/C15H18ClNO3S/c16-14-4-2-1-3-11(14)12-9-13(12)15(18)17-10-5-7-21(19,20)8-6-10/h1-4,10,12-13H,5-9H2,(H,17,18). The third kappa shape index (κ3) is 3.40. The smallest absolute Gasteiger partial charge is 0.223 e. The third-order valence-corrected chi connectivity index (χ3v) is 6.39. The van der Waals surface area contributed by atoms with Gasteiger partial charge in [0.2, 0.25) is 5.91 Å². The van der Waals surface area contributed by atoms with E-state index >= 15 is 0 Å². The number of sulfone groups is 1. The van der Waals surface area contributed by atoms with Crippen LogP contribution in [-0.4, -0.2) is 31.9 Å². The van der Waals surface area contributed by atoms with Crippen LogP contribution >= 0.6 is 11.6 Å². The topological polar surface area (TPSA) is 63.2 Å². The molecule has 4 nitrogen and oxygen atoms in total. The zero-order chi connectivity index (χ0) is 15.0. The Hall–Kier alpha value is -1.07. The number of hydrogen-bond donors (Lipinski definition) is 1. The molecule has 3 rings (SSSR count). The normalized spacial score (nSPS) is 28.0. The fraction of sp³-hybridized carbons (Fsp3) is 0.533. The van der Waals surface area contributed by atoms with Crippen LogP contribution in [0.15, 0.2) is 24.3 Å². The lowest BCUT2D eigenvalue weighted by Crippen LogP contribution is -2.41. The van der Waals surface area contributed by atoms with E-state index < -0.39 is 9.84 Å². The molecule has 0 bridgehead atoms. The van der Waals surface area contributed by atoms with E-state index in [1.54, 1.807) is 0 Å². The van der Waals surface area contributed by atoms with Gasteiger partial charge >= 0.3 is 0 Å². The molecule has 2 aliphatic rings. The number of carbonyl (C=O) groups excluding carboxylic acids is 1. The number of amides is 1. The highest BCUT2D eigenvalue weighted by Gasteiger charge is 2.45. The Kier molecular flexibility index (Phi) is 3.97. The molecule has 1 amide bonds. The minimum Gasteiger partial charge on any atom is -0.353 e. The fourth-order valence-electron chi connectivity index (χ4n) is 2.95. The highest BCUT2D eigenvalue weighted by Crippen LogP contribution is 2.49. The molecule has 1 saturated heterocycles. The predicted molar refractivity (Wildman–Crippen MR) is 82.1 cm³/mol. The highest BCUT2D eigenvalue weighted by atomic mass is 35.5. The number of benzene rings is 1. The molecular weight excluding hydrogens is 310 g/mol. The van der Waals surface area contributed by atoms with E-state index in [9.17, 15) is 13.2 Å². The zero-order valence-corrected chi connectivity index (χ0v) is 13.2. The van der Waals surface area contributed by atoms with E-state index in [4.69, 9.17) is 11.6 Å². The molecule has 1 N–H and O–H groups in total. The van der Waals surface area contributed by atoms with Gasteiger partial charge in [0.15, 0.2) is 0 Å². The van der Waals surface area contributed by atoms with E-state index in [0.717, 1.165) is 12.0 Å². The van der Waals surface area contributed by atoms with Crippen LogP contribution < -0.4 is 5.32 Å². The van der Waals surface area contributed by atoms with Crippen molar-refractivity contribution in [2.75, 3.05) is 11.5 Å². The molecule has 2 unspecified atom stereocenters. The lowest BCUT2D eigenvalue weighted by molar-refractivity contribution is -0.123. The lowest BCUT2D eigenvalue weighted by Gasteiger charge is -2.23. The molecule has 1 saturated carbocycles. The zero-order valence-electron chi connectivity index (χ0n) is 11.6. The SMILES string of the molecule is O=C(NC1CCS(=O)(=O)CC1)C1CC1c1ccccc1Cl. The van der Waals surface area contributed by atoms with Crippen LogP contribution in [0.25, 0.3) is 0 Å². The van der Waals surface area contributed by atoms with E-state index in [0.29, 0.717) is 17.9 Å². The summed E-state index contributed by atoms with van der Waals surface area (Å²) in [6.07, 6.45) is 1.87. The van der Waals surface area contributed by atoms with Crippen molar-refractivity contribution in [1.82, 2.24) is 5.32 Å². The number of rotatable bonds is 3. The number of carbonyl (C=O) groups is 1. The molecule has 2 atom stereocenters. The second-order valence-electron chi connectivity index (χ2n) is 5.90. The quantitative estimate of drug-likeness (QED) is 0.925. The maximum Gasteiger partial charge on any atom is 0.223 e. The maximum atomic E-state index is 12.2. The summed E-state index contributed by atoms with van der Waals surface area (Å²) in [7, 11) is -2.88. The summed E-state index contributed by atoms with van der Waals surface area (Å²) in [5, 5.41) is 3.70. The summed E-state index contributed by atoms with van der Waals surface area (Å²) in [5.74, 6) is 0.561. The van der Waals surface area contributed by atoms with Crippen molar-refractivity contribution in [1.29, 1.82) is 0 Å². The molecule has 1 aliphatic heterocycles. The van der Waals surface area contributed by atoms with Gasteiger partial charge in [0.25, 0.3) is 0 Å². The van der Waals surface area contributed by atoms with Crippen molar-refractivity contribution < 1.29 is 13.2 Å². The van der Waals surface area contributed by atoms with E-state index in [2.05, 4.69) is 5.32 Å². The van der Waals surface area contributed by atoms with Gasteiger partial charge in [-0.1, -0.05) is 29.8 Å². The van der Waals surface area contributed by atoms with Crippen LogP contribution in [0, 0.1) is 5.92 Å². The van der Waals surface area contributed by atoms with Crippen LogP contribution in [0.2, 0.25) is 5.02 Å². The fourth-order valence-corrected chi connectivity index (χ4v) is 4.71. The van der Waals surface area contributed by atoms with Crippen molar-refractivity contribution in [2.45, 2.75) is 31.2 Å². The summed E-state index contributed by atoms with van der Waals surface area (Å²) in [5.41, 5.74) is 1.03. The molecule has 1 aromatic carbocycles. The van der Waals surface area contributed by atoms with E-state index in [1.807, 2.05) is 24.3 Å². The number of halogens is 1. The first kappa shape index (κ1) is 14.9. The van der Waals surface area contributed by atoms with Crippen molar-refractivity contribution in [2.24, 2.45) is 5.92 Å². The average Bonchev–Trinajstić information content (AvgIpc) is 3.22. The van der Waals surface area contributed by atoms with Crippen LogP contribution in [-0.2, 0) is 14.6 Å². The van der Waals surface area contributed by atoms with Crippen LogP contribution in [0.4, 0.5) is 0 Å². The molecule has 1 heterocycles. The van der Waals surface area contributed by atoms with Gasteiger partial charge in [0.1, 0.15) is 9.84 Å². The van der Waals surface area contributed by atoms with E-state index in [-0.39, 0.29) is 35.3 Å². The Balaban J connectivity index is 1.55. The van der Waals surface area contributed by atoms with Crippen LogP contribution in [0.1, 0.15) is 30.7 Å². The molecule has 1 aliphatic carbocycles. The van der Waals surface area contributed by atoms with Gasteiger partial charge < -0.3 is 5.32 Å². The Morgan fingerprint density at radius 3 is 2.52 bits per heavy atom. The second-order valence-corrected chi connectivity index (χ2v) is 8.62. The highest BCUT2D eigenvalue weighted by molar-refractivity contribution is 7.91. The Morgan fingerprint density at radius 2 is 1.86 bits per heavy atom. The number of nitrogens with one attached hydrogen (secondary N) is 1. The van der Waals surface area contributed by atoms with Crippen molar-refractivity contribution in [3.63, 3.8) is 0 Å². The minimum absolute atomic E-state index is 0.00600. The second kappa shape index (κ2) is 5.61. The minimum atomic E-state index is -2.88. The Labute approximate surface area is 129 Å². The molecule has 6 heteroatoms. The summed E-state index contributed by atoms with van der Waals surface area (Å²) in [6.45, 7) is 0. The molecule has 0 aromatic heterocycles. The van der Waals surface area contributed by atoms with Crippen molar-refractivity contribution in [3.8, 4) is 0 Å². The molecule has 21 heavy (non-hydrogen) atoms. The summed E-state index contributed by atoms with van der Waals surface area (Å²) in [4.78, 5) is 12.2. The Morgan fingerprint density at radius 1 is 1.19 bits per heavy atom. The predicted octanol–water partition coefficient (Wildman–Crippen LogP) is 2.14. The molecular formula is C15H18ClNO3S. The van der Waals surface area contributed by atoms with Crippen LogP contribution in [0.5, 0.6) is 0 Å². The maximum absolute atomic E-state index is 12.2. The van der Waals surface area contributed by atoms with E-state index in [1.165, 1.54) is 0 Å². The molecule has 114 valence electrons. The first-order valence-electron chi connectivity index (χ1n) is 7.21. The lowest BCUT2D eigenvalue weighted by atomic mass is 10.1. The molecule has 2 fully saturated rings. The molecule has 0 spiro atoms. The van der Waals surface area contributed by atoms with Gasteiger partial charge in [-0.15, -0.1) is 0 Å². The van der Waals surface area contributed by atoms with Gasteiger partial charge in [0.05, 0.1) is 11.5 Å². The third-order valence-electron chi connectivity index (χ3n) is 4.33. The largest absolute Gasteiger partial charge is 0.353 e. The number of hydrogen-bond acceptors (Lipinski definition) is 3. The Bertz CT molecular complexity index is 645. The van der Waals surface area contributed by atoms with Crippen LogP contribution in [0.3, 0.4) is 0 Å². The first-order chi connectivity index (χ1) is 9.96. The molecule has 1 aromatic rings. The monoisotopic (exact) mass is 327 g/mol. The average molecular weight is 328 g/mol.